The van der Waals surface area contributed by atoms with Crippen molar-refractivity contribution in [3.05, 3.63) is 29.5 Å². The highest BCUT2D eigenvalue weighted by molar-refractivity contribution is 9.09. The zero-order chi connectivity index (χ0) is 14.0. The summed E-state index contributed by atoms with van der Waals surface area (Å²) < 4.78 is 0. The zero-order valence-electron chi connectivity index (χ0n) is 9.88. The van der Waals surface area contributed by atoms with E-state index in [1.807, 2.05) is 0 Å². The van der Waals surface area contributed by atoms with Gasteiger partial charge < -0.3 is 15.3 Å². The number of H-pyrrole nitrogens is 1. The molecule has 0 fully saturated rings. The molecule has 1 aromatic carbocycles. The Morgan fingerprint density at radius 1 is 1.42 bits per heavy atom. The molecular weight excluding hydrogens is 316 g/mol. The third-order valence-corrected chi connectivity index (χ3v) is 3.36. The maximum Gasteiger partial charge on any atom is 0.357 e. The maximum absolute atomic E-state index is 11.0. The van der Waals surface area contributed by atoms with Gasteiger partial charge in [-0.05, 0) is 24.1 Å². The van der Waals surface area contributed by atoms with Crippen LogP contribution in [0, 0.1) is 0 Å². The molecule has 1 heterocycles. The number of aliphatic hydroxyl groups is 2. The minimum Gasteiger partial charge on any atom is -0.476 e. The first-order valence-corrected chi connectivity index (χ1v) is 6.80. The Morgan fingerprint density at radius 2 is 2.16 bits per heavy atom. The molecule has 0 aliphatic rings. The predicted molar refractivity (Wildman–Crippen MR) is 72.4 cm³/mol. The summed E-state index contributed by atoms with van der Waals surface area (Å²) in [5.74, 6) is -1.14. The first kappa shape index (κ1) is 14.0. The Hall–Kier alpha value is -1.44. The number of nitrogens with zero attached hydrogens (tertiary/aromatic N) is 1. The number of fused-ring (bicyclic) bond motifs is 1. The molecule has 0 spiro atoms. The predicted octanol–water partition coefficient (Wildman–Crippen LogP) is 1.44. The van der Waals surface area contributed by atoms with Gasteiger partial charge in [0.25, 0.3) is 0 Å². The summed E-state index contributed by atoms with van der Waals surface area (Å²) in [6.07, 6.45) is -1.56. The number of rotatable bonds is 5. The highest BCUT2D eigenvalue weighted by Gasteiger charge is 2.20. The van der Waals surface area contributed by atoms with Crippen molar-refractivity contribution in [1.29, 1.82) is 0 Å². The van der Waals surface area contributed by atoms with Crippen LogP contribution in [0.15, 0.2) is 18.2 Å². The van der Waals surface area contributed by atoms with Crippen molar-refractivity contribution in [3.8, 4) is 0 Å². The molecule has 1 aromatic heterocycles. The summed E-state index contributed by atoms with van der Waals surface area (Å²) in [6.45, 7) is 0. The first-order chi connectivity index (χ1) is 9.04. The summed E-state index contributed by atoms with van der Waals surface area (Å²) in [5, 5.41) is 36.0. The van der Waals surface area contributed by atoms with E-state index < -0.39 is 18.2 Å². The molecule has 0 bridgehead atoms. The van der Waals surface area contributed by atoms with Gasteiger partial charge in [0.05, 0.1) is 11.6 Å². The van der Waals surface area contributed by atoms with Crippen LogP contribution < -0.4 is 0 Å². The number of aromatic carboxylic acids is 1. The third kappa shape index (κ3) is 2.78. The Labute approximate surface area is 117 Å². The largest absolute Gasteiger partial charge is 0.476 e. The monoisotopic (exact) mass is 328 g/mol. The highest BCUT2D eigenvalue weighted by atomic mass is 79.9. The standard InChI is InChI=1S/C12H13BrN2O4/c13-4-3-9(16)11(17)6-1-2-8-7(5-6)10(12(18)19)15-14-8/h1-2,5,9,11,16-17H,3-4H2,(H,14,15)(H,18,19). The van der Waals surface area contributed by atoms with Gasteiger partial charge in [0.15, 0.2) is 5.69 Å². The molecule has 2 aromatic rings. The van der Waals surface area contributed by atoms with Crippen molar-refractivity contribution in [1.82, 2.24) is 10.2 Å². The van der Waals surface area contributed by atoms with E-state index in [0.717, 1.165) is 0 Å². The number of hydrogen-bond donors (Lipinski definition) is 4. The molecule has 6 nitrogen and oxygen atoms in total. The average molecular weight is 329 g/mol. The van der Waals surface area contributed by atoms with Gasteiger partial charge in [0, 0.05) is 10.7 Å². The number of hydrogen-bond acceptors (Lipinski definition) is 4. The van der Waals surface area contributed by atoms with Gasteiger partial charge in [-0.15, -0.1) is 0 Å². The van der Waals surface area contributed by atoms with Gasteiger partial charge in [-0.2, -0.15) is 5.10 Å². The number of carboxylic acid groups (broad SMARTS) is 1. The van der Waals surface area contributed by atoms with Crippen molar-refractivity contribution in [3.63, 3.8) is 0 Å². The molecule has 2 rings (SSSR count). The van der Waals surface area contributed by atoms with Gasteiger partial charge in [-0.25, -0.2) is 4.79 Å². The molecule has 0 amide bonds. The molecule has 0 saturated heterocycles. The van der Waals surface area contributed by atoms with E-state index in [1.165, 1.54) is 6.07 Å². The van der Waals surface area contributed by atoms with Crippen LogP contribution in [-0.2, 0) is 0 Å². The molecule has 19 heavy (non-hydrogen) atoms. The Balaban J connectivity index is 2.39. The number of benzene rings is 1. The van der Waals surface area contributed by atoms with Gasteiger partial charge in [-0.1, -0.05) is 22.0 Å². The summed E-state index contributed by atoms with van der Waals surface area (Å²) >= 11 is 3.19. The van der Waals surface area contributed by atoms with E-state index in [1.54, 1.807) is 12.1 Å². The molecular formula is C12H13BrN2O4. The van der Waals surface area contributed by atoms with Crippen LogP contribution in [0.1, 0.15) is 28.6 Å². The van der Waals surface area contributed by atoms with E-state index in [2.05, 4.69) is 26.1 Å². The molecule has 0 aliphatic heterocycles. The van der Waals surface area contributed by atoms with Crippen LogP contribution >= 0.6 is 15.9 Å². The van der Waals surface area contributed by atoms with E-state index >= 15 is 0 Å². The second-order valence-corrected chi connectivity index (χ2v) is 4.97. The van der Waals surface area contributed by atoms with Crippen molar-refractivity contribution in [2.75, 3.05) is 5.33 Å². The SMILES string of the molecule is O=C(O)c1n[nH]c2ccc(C(O)C(O)CCBr)cc12. The number of aromatic nitrogens is 2. The topological polar surface area (TPSA) is 106 Å². The molecule has 7 heteroatoms. The minimum atomic E-state index is -1.14. The number of nitrogens with one attached hydrogen (secondary N) is 1. The van der Waals surface area contributed by atoms with Crippen LogP contribution in [0.3, 0.4) is 0 Å². The van der Waals surface area contributed by atoms with Crippen LogP contribution in [0.25, 0.3) is 10.9 Å². The first-order valence-electron chi connectivity index (χ1n) is 5.68. The fraction of sp³-hybridized carbons (Fsp3) is 0.333. The highest BCUT2D eigenvalue weighted by Crippen LogP contribution is 2.25. The summed E-state index contributed by atoms with van der Waals surface area (Å²) in [7, 11) is 0. The van der Waals surface area contributed by atoms with Crippen LogP contribution in [-0.4, -0.2) is 42.9 Å². The van der Waals surface area contributed by atoms with E-state index in [9.17, 15) is 15.0 Å². The van der Waals surface area contributed by atoms with Crippen LogP contribution in [0.2, 0.25) is 0 Å². The number of halogens is 1. The summed E-state index contributed by atoms with van der Waals surface area (Å²) in [4.78, 5) is 11.0. The summed E-state index contributed by atoms with van der Waals surface area (Å²) in [5.41, 5.74) is 0.937. The number of carboxylic acids is 1. The van der Waals surface area contributed by atoms with Crippen molar-refractivity contribution >= 4 is 32.8 Å². The number of carbonyl (C=O) groups is 1. The molecule has 102 valence electrons. The lowest BCUT2D eigenvalue weighted by Gasteiger charge is -2.17. The lowest BCUT2D eigenvalue weighted by Crippen LogP contribution is -2.18. The Kier molecular flexibility index (Phi) is 4.18. The van der Waals surface area contributed by atoms with Gasteiger partial charge in [0.2, 0.25) is 0 Å². The molecule has 0 radical (unpaired) electrons. The minimum absolute atomic E-state index is 0.0981. The lowest BCUT2D eigenvalue weighted by atomic mass is 10.0. The van der Waals surface area contributed by atoms with Crippen LogP contribution in [0.5, 0.6) is 0 Å². The maximum atomic E-state index is 11.0. The van der Waals surface area contributed by atoms with Crippen molar-refractivity contribution in [2.45, 2.75) is 18.6 Å². The molecule has 4 N–H and O–H groups in total. The van der Waals surface area contributed by atoms with E-state index in [4.69, 9.17) is 5.11 Å². The third-order valence-electron chi connectivity index (χ3n) is 2.90. The Morgan fingerprint density at radius 3 is 2.79 bits per heavy atom. The Bertz CT molecular complexity index is 598. The van der Waals surface area contributed by atoms with Gasteiger partial charge >= 0.3 is 5.97 Å². The molecule has 2 atom stereocenters. The van der Waals surface area contributed by atoms with E-state index in [-0.39, 0.29) is 5.69 Å². The lowest BCUT2D eigenvalue weighted by molar-refractivity contribution is 0.0174. The summed E-state index contributed by atoms with van der Waals surface area (Å²) in [6, 6.07) is 4.80. The molecule has 0 aliphatic carbocycles. The smallest absolute Gasteiger partial charge is 0.357 e. The number of aliphatic hydroxyl groups excluding tert-OH is 2. The second kappa shape index (κ2) is 5.68. The normalized spacial score (nSPS) is 14.5. The fourth-order valence-corrected chi connectivity index (χ4v) is 2.34. The van der Waals surface area contributed by atoms with Crippen molar-refractivity contribution < 1.29 is 20.1 Å². The molecule has 2 unspecified atom stereocenters. The quantitative estimate of drug-likeness (QED) is 0.621. The van der Waals surface area contributed by atoms with E-state index in [0.29, 0.717) is 28.2 Å². The second-order valence-electron chi connectivity index (χ2n) is 4.17. The van der Waals surface area contributed by atoms with Crippen LogP contribution in [0.4, 0.5) is 0 Å². The molecule has 0 saturated carbocycles. The average Bonchev–Trinajstić information content (AvgIpc) is 2.80. The van der Waals surface area contributed by atoms with Crippen molar-refractivity contribution in [2.24, 2.45) is 0 Å². The van der Waals surface area contributed by atoms with Gasteiger partial charge in [-0.3, -0.25) is 5.10 Å². The number of alkyl halides is 1. The van der Waals surface area contributed by atoms with Gasteiger partial charge in [0.1, 0.15) is 6.10 Å². The number of aromatic amines is 1. The fourth-order valence-electron chi connectivity index (χ4n) is 1.87. The zero-order valence-corrected chi connectivity index (χ0v) is 11.5.